The number of nitrogens with one attached hydrogen (secondary N) is 1. The van der Waals surface area contributed by atoms with Crippen molar-refractivity contribution in [2.45, 2.75) is 13.0 Å². The van der Waals surface area contributed by atoms with E-state index in [1.54, 1.807) is 19.2 Å². The lowest BCUT2D eigenvalue weighted by Crippen LogP contribution is -2.28. The zero-order chi connectivity index (χ0) is 15.4. The first-order valence-electron chi connectivity index (χ1n) is 6.42. The summed E-state index contributed by atoms with van der Waals surface area (Å²) in [4.78, 5) is 12.2. The van der Waals surface area contributed by atoms with Gasteiger partial charge in [-0.25, -0.2) is 4.39 Å². The molecule has 0 aliphatic carbocycles. The van der Waals surface area contributed by atoms with Crippen LogP contribution in [-0.2, 0) is 0 Å². The van der Waals surface area contributed by atoms with Gasteiger partial charge in [-0.3, -0.25) is 4.79 Å². The third-order valence-electron chi connectivity index (χ3n) is 3.14. The molecule has 1 amide bonds. The van der Waals surface area contributed by atoms with Crippen LogP contribution in [0, 0.1) is 5.82 Å². The Kier molecular flexibility index (Phi) is 4.96. The number of halogens is 2. The molecule has 0 heterocycles. The van der Waals surface area contributed by atoms with Crippen LogP contribution in [0.25, 0.3) is 0 Å². The Morgan fingerprint density at radius 2 is 1.95 bits per heavy atom. The Balaban J connectivity index is 2.23. The van der Waals surface area contributed by atoms with Gasteiger partial charge in [-0.15, -0.1) is 0 Å². The molecule has 0 radical (unpaired) electrons. The number of hydrogen-bond acceptors (Lipinski definition) is 2. The summed E-state index contributed by atoms with van der Waals surface area (Å²) in [7, 11) is 1.57. The molecule has 21 heavy (non-hydrogen) atoms. The minimum absolute atomic E-state index is 0.000696. The van der Waals surface area contributed by atoms with Crippen LogP contribution in [0.15, 0.2) is 46.9 Å². The molecule has 2 aromatic rings. The maximum atomic E-state index is 13.8. The van der Waals surface area contributed by atoms with Crippen LogP contribution in [0.5, 0.6) is 5.75 Å². The number of amides is 1. The van der Waals surface area contributed by atoms with Crippen molar-refractivity contribution in [1.29, 1.82) is 0 Å². The van der Waals surface area contributed by atoms with Crippen LogP contribution in [0.4, 0.5) is 4.39 Å². The van der Waals surface area contributed by atoms with Gasteiger partial charge in [0.05, 0.1) is 18.7 Å². The minimum atomic E-state index is -0.561. The molecule has 3 nitrogen and oxygen atoms in total. The summed E-state index contributed by atoms with van der Waals surface area (Å²) in [6, 6.07) is 11.5. The van der Waals surface area contributed by atoms with E-state index in [1.807, 2.05) is 31.2 Å². The summed E-state index contributed by atoms with van der Waals surface area (Å²) in [5.41, 5.74) is 0.833. The molecular formula is C16H15BrFNO2. The molecule has 0 aromatic heterocycles. The van der Waals surface area contributed by atoms with Crippen LogP contribution >= 0.6 is 15.9 Å². The molecule has 0 aliphatic heterocycles. The van der Waals surface area contributed by atoms with Crippen LogP contribution in [0.2, 0.25) is 0 Å². The third kappa shape index (κ3) is 3.42. The Morgan fingerprint density at radius 1 is 1.24 bits per heavy atom. The predicted molar refractivity (Wildman–Crippen MR) is 83.0 cm³/mol. The SMILES string of the molecule is COc1ccccc1C(C)NC(=O)c1c(F)cccc1Br. The van der Waals surface area contributed by atoms with E-state index in [9.17, 15) is 9.18 Å². The van der Waals surface area contributed by atoms with E-state index < -0.39 is 11.7 Å². The second-order valence-corrected chi connectivity index (χ2v) is 5.39. The van der Waals surface area contributed by atoms with E-state index in [4.69, 9.17) is 4.74 Å². The highest BCUT2D eigenvalue weighted by atomic mass is 79.9. The van der Waals surface area contributed by atoms with E-state index in [2.05, 4.69) is 21.2 Å². The molecule has 5 heteroatoms. The molecule has 2 aromatic carbocycles. The first-order chi connectivity index (χ1) is 10.0. The van der Waals surface area contributed by atoms with Crippen molar-refractivity contribution in [3.05, 3.63) is 63.9 Å². The largest absolute Gasteiger partial charge is 0.496 e. The number of methoxy groups -OCH3 is 1. The number of ether oxygens (including phenoxy) is 1. The van der Waals surface area contributed by atoms with Crippen molar-refractivity contribution in [3.8, 4) is 5.75 Å². The highest BCUT2D eigenvalue weighted by Crippen LogP contribution is 2.26. The molecule has 0 fully saturated rings. The van der Waals surface area contributed by atoms with E-state index in [-0.39, 0.29) is 11.6 Å². The summed E-state index contributed by atoms with van der Waals surface area (Å²) in [5.74, 6) is -0.356. The topological polar surface area (TPSA) is 38.3 Å². The van der Waals surface area contributed by atoms with Crippen LogP contribution in [0.3, 0.4) is 0 Å². The molecule has 1 N–H and O–H groups in total. The summed E-state index contributed by atoms with van der Waals surface area (Å²) in [6.45, 7) is 1.82. The van der Waals surface area contributed by atoms with Crippen LogP contribution in [-0.4, -0.2) is 13.0 Å². The van der Waals surface area contributed by atoms with Gasteiger partial charge in [-0.2, -0.15) is 0 Å². The van der Waals surface area contributed by atoms with E-state index >= 15 is 0 Å². The maximum Gasteiger partial charge on any atom is 0.255 e. The molecule has 1 atom stereocenters. The van der Waals surface area contributed by atoms with Crippen LogP contribution < -0.4 is 10.1 Å². The number of benzene rings is 2. The van der Waals surface area contributed by atoms with Crippen molar-refractivity contribution >= 4 is 21.8 Å². The lowest BCUT2D eigenvalue weighted by atomic mass is 10.1. The molecule has 0 spiro atoms. The smallest absolute Gasteiger partial charge is 0.255 e. The number of carbonyl (C=O) groups is 1. The second-order valence-electron chi connectivity index (χ2n) is 4.53. The standard InChI is InChI=1S/C16H15BrFNO2/c1-10(11-6-3-4-9-14(11)21-2)19-16(20)15-12(17)7-5-8-13(15)18/h3-10H,1-2H3,(H,19,20). The van der Waals surface area contributed by atoms with Crippen LogP contribution in [0.1, 0.15) is 28.9 Å². The fraction of sp³-hybridized carbons (Fsp3) is 0.188. The van der Waals surface area contributed by atoms with Gasteiger partial charge >= 0.3 is 0 Å². The van der Waals surface area contributed by atoms with Gasteiger partial charge in [0.2, 0.25) is 0 Å². The second kappa shape index (κ2) is 6.72. The molecule has 0 saturated heterocycles. The van der Waals surface area contributed by atoms with Gasteiger partial charge in [0.25, 0.3) is 5.91 Å². The van der Waals surface area contributed by atoms with Gasteiger partial charge in [-0.05, 0) is 41.1 Å². The molecule has 0 saturated carbocycles. The zero-order valence-corrected chi connectivity index (χ0v) is 13.3. The van der Waals surface area contributed by atoms with Crippen molar-refractivity contribution in [2.24, 2.45) is 0 Å². The van der Waals surface area contributed by atoms with Crippen molar-refractivity contribution in [1.82, 2.24) is 5.32 Å². The Bertz CT molecular complexity index is 640. The highest BCUT2D eigenvalue weighted by Gasteiger charge is 2.19. The molecule has 0 bridgehead atoms. The van der Waals surface area contributed by atoms with Gasteiger partial charge in [-0.1, -0.05) is 24.3 Å². The molecular weight excluding hydrogens is 337 g/mol. The molecule has 1 unspecified atom stereocenters. The van der Waals surface area contributed by atoms with Gasteiger partial charge in [0.15, 0.2) is 0 Å². The molecule has 2 rings (SSSR count). The van der Waals surface area contributed by atoms with Crippen molar-refractivity contribution < 1.29 is 13.9 Å². The van der Waals surface area contributed by atoms with E-state index in [0.717, 1.165) is 5.56 Å². The quantitative estimate of drug-likeness (QED) is 0.900. The molecule has 110 valence electrons. The summed E-state index contributed by atoms with van der Waals surface area (Å²) >= 11 is 3.20. The monoisotopic (exact) mass is 351 g/mol. The Labute approximate surface area is 131 Å². The average Bonchev–Trinajstić information content (AvgIpc) is 2.46. The average molecular weight is 352 g/mol. The van der Waals surface area contributed by atoms with E-state index in [1.165, 1.54) is 6.07 Å². The zero-order valence-electron chi connectivity index (χ0n) is 11.7. The highest BCUT2D eigenvalue weighted by molar-refractivity contribution is 9.10. The van der Waals surface area contributed by atoms with E-state index in [0.29, 0.717) is 10.2 Å². The van der Waals surface area contributed by atoms with Crippen molar-refractivity contribution in [3.63, 3.8) is 0 Å². The normalized spacial score (nSPS) is 11.8. The minimum Gasteiger partial charge on any atom is -0.496 e. The summed E-state index contributed by atoms with van der Waals surface area (Å²) in [5, 5.41) is 2.78. The summed E-state index contributed by atoms with van der Waals surface area (Å²) in [6.07, 6.45) is 0. The lowest BCUT2D eigenvalue weighted by molar-refractivity contribution is 0.0934. The fourth-order valence-electron chi connectivity index (χ4n) is 2.09. The number of para-hydroxylation sites is 1. The maximum absolute atomic E-state index is 13.8. The first-order valence-corrected chi connectivity index (χ1v) is 7.21. The Hall–Kier alpha value is -1.88. The van der Waals surface area contributed by atoms with Crippen molar-refractivity contribution in [2.75, 3.05) is 7.11 Å². The summed E-state index contributed by atoms with van der Waals surface area (Å²) < 4.78 is 19.5. The fourth-order valence-corrected chi connectivity index (χ4v) is 2.61. The third-order valence-corrected chi connectivity index (χ3v) is 3.80. The molecule has 0 aliphatic rings. The number of rotatable bonds is 4. The Morgan fingerprint density at radius 3 is 2.62 bits per heavy atom. The number of carbonyl (C=O) groups excluding carboxylic acids is 1. The first kappa shape index (κ1) is 15.5. The van der Waals surface area contributed by atoms with Gasteiger partial charge < -0.3 is 10.1 Å². The predicted octanol–water partition coefficient (Wildman–Crippen LogP) is 4.09. The van der Waals surface area contributed by atoms with Gasteiger partial charge in [0, 0.05) is 10.0 Å². The lowest BCUT2D eigenvalue weighted by Gasteiger charge is -2.17. The number of hydrogen-bond donors (Lipinski definition) is 1. The van der Waals surface area contributed by atoms with Gasteiger partial charge in [0.1, 0.15) is 11.6 Å².